The molecule has 1 N–H and O–H groups in total. The molecule has 0 saturated carbocycles. The number of ether oxygens (including phenoxy) is 2. The van der Waals surface area contributed by atoms with Crippen molar-refractivity contribution in [2.75, 3.05) is 11.9 Å². The number of hydrogen-bond donors (Lipinski definition) is 1. The molecule has 1 amide bonds. The first-order valence-corrected chi connectivity index (χ1v) is 8.61. The Bertz CT molecular complexity index is 765. The summed E-state index contributed by atoms with van der Waals surface area (Å²) in [6.45, 7) is 7.53. The van der Waals surface area contributed by atoms with E-state index in [1.54, 1.807) is 19.1 Å². The highest BCUT2D eigenvalue weighted by atomic mass is 16.5. The highest BCUT2D eigenvalue weighted by Gasteiger charge is 2.13. The Morgan fingerprint density at radius 3 is 2.42 bits per heavy atom. The number of amides is 1. The first kappa shape index (κ1) is 19.5. The van der Waals surface area contributed by atoms with Gasteiger partial charge in [-0.05, 0) is 61.7 Å². The first-order valence-electron chi connectivity index (χ1n) is 8.61. The molecule has 0 unspecified atom stereocenters. The van der Waals surface area contributed by atoms with E-state index >= 15 is 0 Å². The van der Waals surface area contributed by atoms with E-state index in [0.717, 1.165) is 22.4 Å². The van der Waals surface area contributed by atoms with Gasteiger partial charge in [-0.1, -0.05) is 18.2 Å². The smallest absolute Gasteiger partial charge is 0.309 e. The zero-order chi connectivity index (χ0) is 19.1. The SMILES string of the molecule is CC(=O)Nc1cccc([C@H](C)OC(=O)CCOc2cc(C)cc(C)c2)c1. The zero-order valence-corrected chi connectivity index (χ0v) is 15.7. The molecule has 0 saturated heterocycles. The fourth-order valence-corrected chi connectivity index (χ4v) is 2.67. The number of rotatable bonds is 7. The molecule has 26 heavy (non-hydrogen) atoms. The molecular weight excluding hydrogens is 330 g/mol. The van der Waals surface area contributed by atoms with Gasteiger partial charge in [0.1, 0.15) is 11.9 Å². The van der Waals surface area contributed by atoms with Crippen molar-refractivity contribution in [3.63, 3.8) is 0 Å². The summed E-state index contributed by atoms with van der Waals surface area (Å²) in [6, 6.07) is 13.2. The Balaban J connectivity index is 1.84. The molecule has 2 rings (SSSR count). The lowest BCUT2D eigenvalue weighted by Gasteiger charge is -2.15. The molecule has 2 aromatic carbocycles. The van der Waals surface area contributed by atoms with Crippen LogP contribution < -0.4 is 10.1 Å². The molecule has 138 valence electrons. The van der Waals surface area contributed by atoms with Crippen LogP contribution in [0.2, 0.25) is 0 Å². The lowest BCUT2D eigenvalue weighted by Crippen LogP contribution is -2.13. The lowest BCUT2D eigenvalue weighted by atomic mass is 10.1. The maximum absolute atomic E-state index is 12.0. The van der Waals surface area contributed by atoms with Gasteiger partial charge < -0.3 is 14.8 Å². The topological polar surface area (TPSA) is 64.6 Å². The minimum absolute atomic E-state index is 0.143. The van der Waals surface area contributed by atoms with Gasteiger partial charge in [-0.2, -0.15) is 0 Å². The zero-order valence-electron chi connectivity index (χ0n) is 15.7. The van der Waals surface area contributed by atoms with Gasteiger partial charge in [-0.25, -0.2) is 0 Å². The van der Waals surface area contributed by atoms with Crippen LogP contribution in [0.5, 0.6) is 5.75 Å². The number of anilines is 1. The van der Waals surface area contributed by atoms with Crippen molar-refractivity contribution in [2.24, 2.45) is 0 Å². The van der Waals surface area contributed by atoms with Crippen LogP contribution in [0.1, 0.15) is 43.1 Å². The van der Waals surface area contributed by atoms with Gasteiger partial charge in [0.2, 0.25) is 5.91 Å². The number of nitrogens with one attached hydrogen (secondary N) is 1. The molecular formula is C21H25NO4. The summed E-state index contributed by atoms with van der Waals surface area (Å²) < 4.78 is 11.1. The summed E-state index contributed by atoms with van der Waals surface area (Å²) in [5.74, 6) is 0.286. The largest absolute Gasteiger partial charge is 0.493 e. The van der Waals surface area contributed by atoms with E-state index in [4.69, 9.17) is 9.47 Å². The second-order valence-corrected chi connectivity index (χ2v) is 6.36. The number of carbonyl (C=O) groups excluding carboxylic acids is 2. The molecule has 0 heterocycles. The van der Waals surface area contributed by atoms with Crippen LogP contribution in [0.3, 0.4) is 0 Å². The molecule has 0 spiro atoms. The van der Waals surface area contributed by atoms with Crippen molar-refractivity contribution in [3.05, 3.63) is 59.2 Å². The average molecular weight is 355 g/mol. The van der Waals surface area contributed by atoms with Gasteiger partial charge in [-0.3, -0.25) is 9.59 Å². The van der Waals surface area contributed by atoms with E-state index in [2.05, 4.69) is 11.4 Å². The molecule has 0 radical (unpaired) electrons. The van der Waals surface area contributed by atoms with Crippen LogP contribution >= 0.6 is 0 Å². The highest BCUT2D eigenvalue weighted by Crippen LogP contribution is 2.21. The van der Waals surface area contributed by atoms with Crippen LogP contribution in [0, 0.1) is 13.8 Å². The Morgan fingerprint density at radius 1 is 1.08 bits per heavy atom. The number of carbonyl (C=O) groups is 2. The maximum Gasteiger partial charge on any atom is 0.309 e. The molecule has 0 aliphatic heterocycles. The van der Waals surface area contributed by atoms with Gasteiger partial charge in [0.15, 0.2) is 0 Å². The standard InChI is InChI=1S/C21H25NO4/c1-14-10-15(2)12-20(11-14)25-9-8-21(24)26-16(3)18-6-5-7-19(13-18)22-17(4)23/h5-7,10-13,16H,8-9H2,1-4H3,(H,22,23)/t16-/m0/s1. The lowest BCUT2D eigenvalue weighted by molar-refractivity contribution is -0.149. The van der Waals surface area contributed by atoms with Gasteiger partial charge in [-0.15, -0.1) is 0 Å². The van der Waals surface area contributed by atoms with Gasteiger partial charge in [0.25, 0.3) is 0 Å². The summed E-state index contributed by atoms with van der Waals surface area (Å²) in [6.07, 6.45) is -0.236. The van der Waals surface area contributed by atoms with E-state index in [1.165, 1.54) is 6.92 Å². The Labute approximate surface area is 154 Å². The van der Waals surface area contributed by atoms with E-state index < -0.39 is 6.10 Å². The number of benzene rings is 2. The minimum atomic E-state index is -0.405. The molecule has 5 nitrogen and oxygen atoms in total. The van der Waals surface area contributed by atoms with Crippen molar-refractivity contribution in [1.82, 2.24) is 0 Å². The maximum atomic E-state index is 12.0. The van der Waals surface area contributed by atoms with Crippen molar-refractivity contribution in [3.8, 4) is 5.75 Å². The van der Waals surface area contributed by atoms with Crippen LogP contribution in [-0.2, 0) is 14.3 Å². The fraction of sp³-hybridized carbons (Fsp3) is 0.333. The molecule has 0 aromatic heterocycles. The Kier molecular flexibility index (Phi) is 6.78. The van der Waals surface area contributed by atoms with E-state index in [-0.39, 0.29) is 24.9 Å². The van der Waals surface area contributed by atoms with Crippen molar-refractivity contribution in [1.29, 1.82) is 0 Å². The van der Waals surface area contributed by atoms with Crippen LogP contribution in [0.25, 0.3) is 0 Å². The van der Waals surface area contributed by atoms with Gasteiger partial charge >= 0.3 is 5.97 Å². The first-order chi connectivity index (χ1) is 12.3. The Hall–Kier alpha value is -2.82. The molecule has 0 fully saturated rings. The third kappa shape index (κ3) is 6.24. The summed E-state index contributed by atoms with van der Waals surface area (Å²) in [4.78, 5) is 23.2. The fourth-order valence-electron chi connectivity index (χ4n) is 2.67. The minimum Gasteiger partial charge on any atom is -0.493 e. The third-order valence-electron chi connectivity index (χ3n) is 3.75. The van der Waals surface area contributed by atoms with Gasteiger partial charge in [0.05, 0.1) is 13.0 Å². The average Bonchev–Trinajstić information content (AvgIpc) is 2.53. The Morgan fingerprint density at radius 2 is 1.77 bits per heavy atom. The highest BCUT2D eigenvalue weighted by molar-refractivity contribution is 5.88. The molecule has 0 bridgehead atoms. The predicted octanol–water partition coefficient (Wildman–Crippen LogP) is 4.34. The quantitative estimate of drug-likeness (QED) is 0.751. The van der Waals surface area contributed by atoms with E-state index in [9.17, 15) is 9.59 Å². The van der Waals surface area contributed by atoms with Crippen LogP contribution in [-0.4, -0.2) is 18.5 Å². The van der Waals surface area contributed by atoms with Crippen LogP contribution in [0.15, 0.2) is 42.5 Å². The monoisotopic (exact) mass is 355 g/mol. The summed E-state index contributed by atoms with van der Waals surface area (Å²) in [7, 11) is 0. The number of aryl methyl sites for hydroxylation is 2. The van der Waals surface area contributed by atoms with E-state index in [0.29, 0.717) is 5.69 Å². The van der Waals surface area contributed by atoms with Crippen molar-refractivity contribution < 1.29 is 19.1 Å². The molecule has 0 aliphatic carbocycles. The second-order valence-electron chi connectivity index (χ2n) is 6.36. The molecule has 1 atom stereocenters. The second kappa shape index (κ2) is 9.04. The predicted molar refractivity (Wildman–Crippen MR) is 101 cm³/mol. The van der Waals surface area contributed by atoms with Crippen LogP contribution in [0.4, 0.5) is 5.69 Å². The number of esters is 1. The molecule has 5 heteroatoms. The van der Waals surface area contributed by atoms with Crippen molar-refractivity contribution >= 4 is 17.6 Å². The van der Waals surface area contributed by atoms with Crippen molar-refractivity contribution in [2.45, 2.75) is 40.2 Å². The van der Waals surface area contributed by atoms with Gasteiger partial charge in [0, 0.05) is 12.6 Å². The number of hydrogen-bond acceptors (Lipinski definition) is 4. The summed E-state index contributed by atoms with van der Waals surface area (Å²) >= 11 is 0. The normalized spacial score (nSPS) is 11.5. The molecule has 2 aromatic rings. The van der Waals surface area contributed by atoms with E-state index in [1.807, 2.05) is 38.1 Å². The third-order valence-corrected chi connectivity index (χ3v) is 3.75. The summed E-state index contributed by atoms with van der Waals surface area (Å²) in [5.41, 5.74) is 3.74. The summed E-state index contributed by atoms with van der Waals surface area (Å²) in [5, 5.41) is 2.72. The molecule has 0 aliphatic rings.